The number of benzene rings is 1. The predicted molar refractivity (Wildman–Crippen MR) is 54.0 cm³/mol. The van der Waals surface area contributed by atoms with E-state index < -0.39 is 0 Å². The highest BCUT2D eigenvalue weighted by Gasteiger charge is 2.07. The Labute approximate surface area is 83.1 Å². The number of halogens is 1. The molecule has 0 aromatic heterocycles. The van der Waals surface area contributed by atoms with E-state index in [4.69, 9.17) is 0 Å². The third-order valence-electron chi connectivity index (χ3n) is 2.10. The predicted octanol–water partition coefficient (Wildman–Crippen LogP) is 1.93. The smallest absolute Gasteiger partial charge is 0.164 e. The minimum Gasteiger partial charge on any atom is -0.319 e. The Hall–Kier alpha value is -1.22. The van der Waals surface area contributed by atoms with E-state index in [9.17, 15) is 9.18 Å². The van der Waals surface area contributed by atoms with Crippen LogP contribution in [0, 0.1) is 12.7 Å². The van der Waals surface area contributed by atoms with Crippen LogP contribution in [0.15, 0.2) is 18.2 Å². The van der Waals surface area contributed by atoms with Crippen molar-refractivity contribution in [3.05, 3.63) is 35.1 Å². The summed E-state index contributed by atoms with van der Waals surface area (Å²) in [4.78, 5) is 11.5. The molecule has 0 unspecified atom stereocenters. The molecule has 0 atom stereocenters. The summed E-state index contributed by atoms with van der Waals surface area (Å²) in [5, 5.41) is 2.88. The van der Waals surface area contributed by atoms with E-state index in [-0.39, 0.29) is 11.6 Å². The number of ketones is 1. The molecule has 2 nitrogen and oxygen atoms in total. The van der Waals surface area contributed by atoms with E-state index in [2.05, 4.69) is 5.32 Å². The summed E-state index contributed by atoms with van der Waals surface area (Å²) in [7, 11) is 1.78. The molecule has 1 aromatic rings. The molecule has 0 radical (unpaired) electrons. The van der Waals surface area contributed by atoms with E-state index >= 15 is 0 Å². The molecule has 0 heterocycles. The van der Waals surface area contributed by atoms with Crippen molar-refractivity contribution in [3.8, 4) is 0 Å². The van der Waals surface area contributed by atoms with Gasteiger partial charge in [0.25, 0.3) is 0 Å². The van der Waals surface area contributed by atoms with Crippen molar-refractivity contribution in [2.75, 3.05) is 13.6 Å². The highest BCUT2D eigenvalue weighted by atomic mass is 19.1. The largest absolute Gasteiger partial charge is 0.319 e. The first-order valence-corrected chi connectivity index (χ1v) is 4.59. The Kier molecular flexibility index (Phi) is 3.77. The number of carbonyl (C=O) groups is 1. The minimum atomic E-state index is -0.319. The first-order valence-electron chi connectivity index (χ1n) is 4.59. The molecule has 3 heteroatoms. The van der Waals surface area contributed by atoms with Crippen LogP contribution >= 0.6 is 0 Å². The van der Waals surface area contributed by atoms with Crippen LogP contribution in [0.2, 0.25) is 0 Å². The van der Waals surface area contributed by atoms with Gasteiger partial charge in [-0.05, 0) is 25.6 Å². The lowest BCUT2D eigenvalue weighted by Gasteiger charge is -2.02. The quantitative estimate of drug-likeness (QED) is 0.744. The van der Waals surface area contributed by atoms with Crippen LogP contribution in [0.5, 0.6) is 0 Å². The van der Waals surface area contributed by atoms with Gasteiger partial charge in [0.1, 0.15) is 5.82 Å². The molecule has 0 bridgehead atoms. The molecule has 0 saturated carbocycles. The molecule has 0 spiro atoms. The van der Waals surface area contributed by atoms with Gasteiger partial charge in [-0.15, -0.1) is 0 Å². The van der Waals surface area contributed by atoms with Crippen LogP contribution in [0.3, 0.4) is 0 Å². The Bertz CT molecular complexity index is 336. The van der Waals surface area contributed by atoms with Gasteiger partial charge in [-0.3, -0.25) is 4.79 Å². The molecule has 0 amide bonds. The molecule has 0 aliphatic heterocycles. The highest BCUT2D eigenvalue weighted by molar-refractivity contribution is 5.96. The van der Waals surface area contributed by atoms with Gasteiger partial charge in [-0.2, -0.15) is 0 Å². The third-order valence-corrected chi connectivity index (χ3v) is 2.10. The fourth-order valence-corrected chi connectivity index (χ4v) is 1.15. The van der Waals surface area contributed by atoms with Gasteiger partial charge >= 0.3 is 0 Å². The maximum atomic E-state index is 13.1. The SMILES string of the molecule is CNCCC(=O)c1ccc(C)c(F)c1. The summed E-state index contributed by atoms with van der Waals surface area (Å²) < 4.78 is 13.1. The monoisotopic (exact) mass is 195 g/mol. The molecular weight excluding hydrogens is 181 g/mol. The normalized spacial score (nSPS) is 10.2. The lowest BCUT2D eigenvalue weighted by molar-refractivity contribution is 0.0983. The van der Waals surface area contributed by atoms with E-state index in [0.29, 0.717) is 24.1 Å². The van der Waals surface area contributed by atoms with E-state index in [1.165, 1.54) is 6.07 Å². The molecule has 1 aromatic carbocycles. The zero-order valence-corrected chi connectivity index (χ0v) is 8.43. The number of aryl methyl sites for hydroxylation is 1. The second kappa shape index (κ2) is 4.86. The van der Waals surface area contributed by atoms with Crippen molar-refractivity contribution in [2.45, 2.75) is 13.3 Å². The van der Waals surface area contributed by atoms with Crippen molar-refractivity contribution < 1.29 is 9.18 Å². The second-order valence-corrected chi connectivity index (χ2v) is 3.24. The molecule has 0 fully saturated rings. The Morgan fingerprint density at radius 2 is 2.21 bits per heavy atom. The molecule has 14 heavy (non-hydrogen) atoms. The third kappa shape index (κ3) is 2.64. The lowest BCUT2D eigenvalue weighted by atomic mass is 10.1. The van der Waals surface area contributed by atoms with Crippen LogP contribution < -0.4 is 5.32 Å². The molecule has 1 N–H and O–H groups in total. The van der Waals surface area contributed by atoms with Crippen LogP contribution in [-0.2, 0) is 0 Å². The van der Waals surface area contributed by atoms with E-state index in [0.717, 1.165) is 0 Å². The molecule has 0 aliphatic carbocycles. The molecule has 1 rings (SSSR count). The number of hydrogen-bond acceptors (Lipinski definition) is 2. The van der Waals surface area contributed by atoms with Crippen molar-refractivity contribution >= 4 is 5.78 Å². The number of hydrogen-bond donors (Lipinski definition) is 1. The summed E-state index contributed by atoms with van der Waals surface area (Å²) in [6, 6.07) is 4.59. The van der Waals surface area contributed by atoms with Gasteiger partial charge in [0.15, 0.2) is 5.78 Å². The van der Waals surface area contributed by atoms with Gasteiger partial charge in [0.05, 0.1) is 0 Å². The minimum absolute atomic E-state index is 0.0294. The average Bonchev–Trinajstić information content (AvgIpc) is 2.18. The zero-order valence-electron chi connectivity index (χ0n) is 8.43. The lowest BCUT2D eigenvalue weighted by Crippen LogP contribution is -2.13. The summed E-state index contributed by atoms with van der Waals surface area (Å²) in [5.74, 6) is -0.349. The van der Waals surface area contributed by atoms with Crippen molar-refractivity contribution in [1.29, 1.82) is 0 Å². The first-order chi connectivity index (χ1) is 6.65. The van der Waals surface area contributed by atoms with Gasteiger partial charge in [0, 0.05) is 18.5 Å². The van der Waals surface area contributed by atoms with Crippen LogP contribution in [0.4, 0.5) is 4.39 Å². The number of carbonyl (C=O) groups excluding carboxylic acids is 1. The number of rotatable bonds is 4. The Morgan fingerprint density at radius 3 is 2.79 bits per heavy atom. The van der Waals surface area contributed by atoms with Crippen molar-refractivity contribution in [1.82, 2.24) is 5.32 Å². The topological polar surface area (TPSA) is 29.1 Å². The molecule has 0 saturated heterocycles. The Balaban J connectivity index is 2.76. The van der Waals surface area contributed by atoms with Crippen molar-refractivity contribution in [2.24, 2.45) is 0 Å². The van der Waals surface area contributed by atoms with Gasteiger partial charge in [0.2, 0.25) is 0 Å². The van der Waals surface area contributed by atoms with Gasteiger partial charge < -0.3 is 5.32 Å². The first kappa shape index (κ1) is 10.9. The fraction of sp³-hybridized carbons (Fsp3) is 0.364. The van der Waals surface area contributed by atoms with Gasteiger partial charge in [-0.25, -0.2) is 4.39 Å². The second-order valence-electron chi connectivity index (χ2n) is 3.24. The van der Waals surface area contributed by atoms with E-state index in [1.807, 2.05) is 0 Å². The van der Waals surface area contributed by atoms with Gasteiger partial charge in [-0.1, -0.05) is 12.1 Å². The molecule has 76 valence electrons. The molecular formula is C11H14FNO. The summed E-state index contributed by atoms with van der Waals surface area (Å²) in [5.41, 5.74) is 1.01. The van der Waals surface area contributed by atoms with Crippen LogP contribution in [0.25, 0.3) is 0 Å². The molecule has 0 aliphatic rings. The zero-order chi connectivity index (χ0) is 10.6. The standard InChI is InChI=1S/C11H14FNO/c1-8-3-4-9(7-10(8)12)11(14)5-6-13-2/h3-4,7,13H,5-6H2,1-2H3. The summed E-state index contributed by atoms with van der Waals surface area (Å²) >= 11 is 0. The maximum absolute atomic E-state index is 13.1. The van der Waals surface area contributed by atoms with Crippen LogP contribution in [-0.4, -0.2) is 19.4 Å². The highest BCUT2D eigenvalue weighted by Crippen LogP contribution is 2.10. The number of Topliss-reactive ketones (excluding diaryl/α,β-unsaturated/α-hetero) is 1. The average molecular weight is 195 g/mol. The fourth-order valence-electron chi connectivity index (χ4n) is 1.15. The summed E-state index contributed by atoms with van der Waals surface area (Å²) in [6.07, 6.45) is 0.402. The van der Waals surface area contributed by atoms with Crippen LogP contribution in [0.1, 0.15) is 22.3 Å². The maximum Gasteiger partial charge on any atom is 0.164 e. The Morgan fingerprint density at radius 1 is 1.50 bits per heavy atom. The van der Waals surface area contributed by atoms with E-state index in [1.54, 1.807) is 26.1 Å². The van der Waals surface area contributed by atoms with Crippen molar-refractivity contribution in [3.63, 3.8) is 0 Å². The summed E-state index contributed by atoms with van der Waals surface area (Å²) in [6.45, 7) is 2.30. The number of nitrogens with one attached hydrogen (secondary N) is 1.